The predicted octanol–water partition coefficient (Wildman–Crippen LogP) is 4.54. The number of pyridine rings is 1. The van der Waals surface area contributed by atoms with Crippen LogP contribution in [0.25, 0.3) is 0 Å². The van der Waals surface area contributed by atoms with Crippen LogP contribution >= 0.6 is 23.2 Å². The van der Waals surface area contributed by atoms with Crippen molar-refractivity contribution in [3.63, 3.8) is 0 Å². The molecule has 1 heterocycles. The monoisotopic (exact) mass is 419 g/mol. The van der Waals surface area contributed by atoms with E-state index in [2.05, 4.69) is 4.98 Å². The quantitative estimate of drug-likeness (QED) is 0.746. The van der Waals surface area contributed by atoms with Crippen LogP contribution in [-0.2, 0) is 17.8 Å². The van der Waals surface area contributed by atoms with Gasteiger partial charge in [0.15, 0.2) is 0 Å². The second kappa shape index (κ2) is 9.27. The second-order valence-electron chi connectivity index (χ2n) is 7.03. The molecular formula is C21H23Cl2N3O2. The summed E-state index contributed by atoms with van der Waals surface area (Å²) in [6.07, 6.45) is 0.727. The van der Waals surface area contributed by atoms with Gasteiger partial charge >= 0.3 is 0 Å². The molecule has 1 aromatic carbocycles. The minimum Gasteiger partial charge on any atom is -0.336 e. The molecule has 0 saturated heterocycles. The van der Waals surface area contributed by atoms with Crippen molar-refractivity contribution in [2.75, 3.05) is 0 Å². The summed E-state index contributed by atoms with van der Waals surface area (Å²) >= 11 is 12.0. The lowest BCUT2D eigenvalue weighted by molar-refractivity contribution is -0.133. The summed E-state index contributed by atoms with van der Waals surface area (Å²) in [6.45, 7) is 7.88. The molecule has 0 fully saturated rings. The lowest BCUT2D eigenvalue weighted by Gasteiger charge is -2.27. The number of H-pyrrole nitrogens is 1. The van der Waals surface area contributed by atoms with Crippen LogP contribution in [0, 0.1) is 25.2 Å². The number of nitriles is 1. The molecule has 0 saturated carbocycles. The van der Waals surface area contributed by atoms with Gasteiger partial charge in [-0.15, -0.1) is 0 Å². The highest BCUT2D eigenvalue weighted by Gasteiger charge is 2.19. The molecule has 0 aliphatic heterocycles. The highest BCUT2D eigenvalue weighted by atomic mass is 35.5. The number of aromatic amines is 1. The van der Waals surface area contributed by atoms with Gasteiger partial charge in [0.2, 0.25) is 5.91 Å². The second-order valence-corrected chi connectivity index (χ2v) is 7.85. The van der Waals surface area contributed by atoms with Crippen LogP contribution in [0.4, 0.5) is 0 Å². The van der Waals surface area contributed by atoms with Gasteiger partial charge in [-0.25, -0.2) is 0 Å². The van der Waals surface area contributed by atoms with E-state index in [1.54, 1.807) is 30.9 Å². The van der Waals surface area contributed by atoms with Gasteiger partial charge in [0.25, 0.3) is 5.56 Å². The number of nitrogens with zero attached hydrogens (tertiary/aromatic N) is 2. The number of aryl methyl sites for hydroxylation is 1. The standard InChI is InChI=1S/C21H23Cl2N3O2/c1-12(2)26(11-15-5-7-18(22)19(23)9-15)20(27)8-6-16-13(3)17(10-24)21(28)25-14(16)4/h5,7,9,12H,6,8,11H2,1-4H3,(H,25,28). The molecule has 0 radical (unpaired) electrons. The lowest BCUT2D eigenvalue weighted by atomic mass is 9.98. The van der Waals surface area contributed by atoms with Crippen LogP contribution in [0.15, 0.2) is 23.0 Å². The summed E-state index contributed by atoms with van der Waals surface area (Å²) in [5, 5.41) is 10.1. The number of hydrogen-bond donors (Lipinski definition) is 1. The van der Waals surface area contributed by atoms with E-state index < -0.39 is 5.56 Å². The maximum atomic E-state index is 12.9. The Hall–Kier alpha value is -2.29. The molecule has 148 valence electrons. The Kier molecular flexibility index (Phi) is 7.29. The van der Waals surface area contributed by atoms with Gasteiger partial charge in [0, 0.05) is 24.7 Å². The van der Waals surface area contributed by atoms with Crippen LogP contribution in [0.3, 0.4) is 0 Å². The molecule has 28 heavy (non-hydrogen) atoms. The van der Waals surface area contributed by atoms with Gasteiger partial charge in [0.1, 0.15) is 11.6 Å². The minimum absolute atomic E-state index is 0.00870. The zero-order valence-electron chi connectivity index (χ0n) is 16.4. The van der Waals surface area contributed by atoms with Crippen molar-refractivity contribution >= 4 is 29.1 Å². The third kappa shape index (κ3) is 4.95. The van der Waals surface area contributed by atoms with Crippen LogP contribution in [0.2, 0.25) is 10.0 Å². The summed E-state index contributed by atoms with van der Waals surface area (Å²) in [5.41, 5.74) is 2.77. The van der Waals surface area contributed by atoms with Gasteiger partial charge < -0.3 is 9.88 Å². The van der Waals surface area contributed by atoms with Gasteiger partial charge in [-0.1, -0.05) is 29.3 Å². The average Bonchev–Trinajstić information content (AvgIpc) is 2.62. The highest BCUT2D eigenvalue weighted by molar-refractivity contribution is 6.42. The minimum atomic E-state index is -0.393. The Labute approximate surface area is 174 Å². The van der Waals surface area contributed by atoms with Crippen molar-refractivity contribution in [2.45, 2.75) is 53.1 Å². The van der Waals surface area contributed by atoms with E-state index in [4.69, 9.17) is 23.2 Å². The third-order valence-electron chi connectivity index (χ3n) is 4.79. The van der Waals surface area contributed by atoms with E-state index >= 15 is 0 Å². The first-order chi connectivity index (χ1) is 13.1. The Balaban J connectivity index is 2.19. The van der Waals surface area contributed by atoms with E-state index in [-0.39, 0.29) is 23.9 Å². The van der Waals surface area contributed by atoms with Crippen molar-refractivity contribution in [1.29, 1.82) is 5.26 Å². The molecule has 0 spiro atoms. The SMILES string of the molecule is Cc1[nH]c(=O)c(C#N)c(C)c1CCC(=O)N(Cc1ccc(Cl)c(Cl)c1)C(C)C. The van der Waals surface area contributed by atoms with Crippen molar-refractivity contribution in [1.82, 2.24) is 9.88 Å². The van der Waals surface area contributed by atoms with E-state index in [9.17, 15) is 14.9 Å². The summed E-state index contributed by atoms with van der Waals surface area (Å²) in [5.74, 6) is -0.00965. The summed E-state index contributed by atoms with van der Waals surface area (Å²) in [4.78, 5) is 29.2. The molecule has 1 N–H and O–H groups in total. The summed E-state index contributed by atoms with van der Waals surface area (Å²) < 4.78 is 0. The number of carbonyl (C=O) groups is 1. The fraction of sp³-hybridized carbons (Fsp3) is 0.381. The summed E-state index contributed by atoms with van der Waals surface area (Å²) in [7, 11) is 0. The lowest BCUT2D eigenvalue weighted by Crippen LogP contribution is -2.36. The number of benzene rings is 1. The first-order valence-electron chi connectivity index (χ1n) is 9.01. The van der Waals surface area contributed by atoms with Crippen LogP contribution < -0.4 is 5.56 Å². The third-order valence-corrected chi connectivity index (χ3v) is 5.53. The number of amides is 1. The fourth-order valence-electron chi connectivity index (χ4n) is 3.19. The molecule has 1 aromatic heterocycles. The zero-order valence-corrected chi connectivity index (χ0v) is 17.9. The van der Waals surface area contributed by atoms with Crippen molar-refractivity contribution in [2.24, 2.45) is 0 Å². The molecule has 2 rings (SSSR count). The molecule has 2 aromatic rings. The summed E-state index contributed by atoms with van der Waals surface area (Å²) in [6, 6.07) is 7.29. The number of aromatic nitrogens is 1. The first-order valence-corrected chi connectivity index (χ1v) is 9.77. The smallest absolute Gasteiger partial charge is 0.266 e. The van der Waals surface area contributed by atoms with Gasteiger partial charge in [-0.2, -0.15) is 5.26 Å². The molecule has 0 aliphatic rings. The van der Waals surface area contributed by atoms with Gasteiger partial charge in [0.05, 0.1) is 10.0 Å². The van der Waals surface area contributed by atoms with Crippen molar-refractivity contribution < 1.29 is 4.79 Å². The molecular weight excluding hydrogens is 397 g/mol. The predicted molar refractivity (Wildman–Crippen MR) is 112 cm³/mol. The molecule has 0 unspecified atom stereocenters. The largest absolute Gasteiger partial charge is 0.336 e. The van der Waals surface area contributed by atoms with E-state index in [0.717, 1.165) is 11.1 Å². The Bertz CT molecular complexity index is 990. The van der Waals surface area contributed by atoms with Crippen molar-refractivity contribution in [3.8, 4) is 6.07 Å². The zero-order chi connectivity index (χ0) is 21.0. The Morgan fingerprint density at radius 2 is 1.93 bits per heavy atom. The maximum absolute atomic E-state index is 12.9. The normalized spacial score (nSPS) is 10.8. The Morgan fingerprint density at radius 3 is 2.50 bits per heavy atom. The number of hydrogen-bond acceptors (Lipinski definition) is 3. The molecule has 0 atom stereocenters. The Morgan fingerprint density at radius 1 is 1.25 bits per heavy atom. The van der Waals surface area contributed by atoms with Crippen LogP contribution in [0.1, 0.15) is 48.2 Å². The van der Waals surface area contributed by atoms with E-state index in [0.29, 0.717) is 34.3 Å². The molecule has 0 aliphatic carbocycles. The van der Waals surface area contributed by atoms with E-state index in [1.807, 2.05) is 26.0 Å². The topological polar surface area (TPSA) is 77.0 Å². The van der Waals surface area contributed by atoms with Crippen LogP contribution in [-0.4, -0.2) is 21.8 Å². The number of carbonyl (C=O) groups excluding carboxylic acids is 1. The number of halogens is 2. The molecule has 0 bridgehead atoms. The average molecular weight is 420 g/mol. The molecule has 5 nitrogen and oxygen atoms in total. The number of nitrogens with one attached hydrogen (secondary N) is 1. The van der Waals surface area contributed by atoms with E-state index in [1.165, 1.54) is 0 Å². The fourth-order valence-corrected chi connectivity index (χ4v) is 3.51. The molecule has 1 amide bonds. The van der Waals surface area contributed by atoms with Crippen molar-refractivity contribution in [3.05, 3.63) is 66.5 Å². The maximum Gasteiger partial charge on any atom is 0.266 e. The van der Waals surface area contributed by atoms with Gasteiger partial charge in [-0.05, 0) is 62.9 Å². The first kappa shape index (κ1) is 22.0. The molecule has 7 heteroatoms. The number of rotatable bonds is 6. The van der Waals surface area contributed by atoms with Gasteiger partial charge in [-0.3, -0.25) is 9.59 Å². The van der Waals surface area contributed by atoms with Crippen LogP contribution in [0.5, 0.6) is 0 Å². The highest BCUT2D eigenvalue weighted by Crippen LogP contribution is 2.24.